The first-order valence-electron chi connectivity index (χ1n) is 7.22. The summed E-state index contributed by atoms with van der Waals surface area (Å²) in [5.41, 5.74) is 4.59. The first kappa shape index (κ1) is 16.4. The molecule has 7 heteroatoms. The summed E-state index contributed by atoms with van der Waals surface area (Å²) in [6.07, 6.45) is -3.71. The molecule has 1 amide bonds. The molecule has 4 nitrogen and oxygen atoms in total. The quantitative estimate of drug-likeness (QED) is 0.748. The van der Waals surface area contributed by atoms with Crippen molar-refractivity contribution in [3.8, 4) is 0 Å². The van der Waals surface area contributed by atoms with Crippen molar-refractivity contribution in [1.29, 1.82) is 0 Å². The lowest BCUT2D eigenvalue weighted by atomic mass is 9.63. The van der Waals surface area contributed by atoms with Crippen molar-refractivity contribution in [2.45, 2.75) is 57.9 Å². The highest BCUT2D eigenvalue weighted by molar-refractivity contribution is 5.69. The number of rotatable bonds is 0. The third kappa shape index (κ3) is 3.62. The highest BCUT2D eigenvalue weighted by Gasteiger charge is 2.56. The average molecular weight is 308 g/mol. The maximum Gasteiger partial charge on any atom is 0.410 e. The number of likely N-dealkylation sites (tertiary alicyclic amines) is 1. The number of ether oxygens (including phenoxy) is 1. The van der Waals surface area contributed by atoms with Gasteiger partial charge in [-0.1, -0.05) is 0 Å². The average Bonchev–Trinajstić information content (AvgIpc) is 2.22. The Kier molecular flexibility index (Phi) is 3.93. The van der Waals surface area contributed by atoms with E-state index in [1.54, 1.807) is 20.8 Å². The van der Waals surface area contributed by atoms with Crippen LogP contribution in [0.4, 0.5) is 18.0 Å². The predicted octanol–water partition coefficient (Wildman–Crippen LogP) is 2.91. The van der Waals surface area contributed by atoms with Gasteiger partial charge in [0.1, 0.15) is 5.60 Å². The molecule has 21 heavy (non-hydrogen) atoms. The summed E-state index contributed by atoms with van der Waals surface area (Å²) in [6.45, 7) is 5.96. The van der Waals surface area contributed by atoms with Crippen molar-refractivity contribution < 1.29 is 22.7 Å². The standard InChI is InChI=1S/C14H23F3N2O2/c1-12(2,3)21-11(20)19-7-13(8-19)5-4-10(18)9(6-13)14(15,16)17/h9-10H,4-8,18H2,1-3H3/t9-,10+/m0/s1. The second kappa shape index (κ2) is 5.04. The Morgan fingerprint density at radius 2 is 1.86 bits per heavy atom. The van der Waals surface area contributed by atoms with Crippen LogP contribution in [0.3, 0.4) is 0 Å². The van der Waals surface area contributed by atoms with Gasteiger partial charge in [0.2, 0.25) is 0 Å². The number of halogens is 3. The van der Waals surface area contributed by atoms with Crippen molar-refractivity contribution in [3.63, 3.8) is 0 Å². The lowest BCUT2D eigenvalue weighted by molar-refractivity contribution is -0.205. The number of amides is 1. The molecule has 1 spiro atoms. The summed E-state index contributed by atoms with van der Waals surface area (Å²) in [5.74, 6) is -1.47. The Morgan fingerprint density at radius 3 is 2.33 bits per heavy atom. The maximum absolute atomic E-state index is 13.0. The van der Waals surface area contributed by atoms with E-state index in [0.717, 1.165) is 0 Å². The van der Waals surface area contributed by atoms with Crippen LogP contribution in [-0.2, 0) is 4.74 Å². The van der Waals surface area contributed by atoms with E-state index in [0.29, 0.717) is 25.9 Å². The summed E-state index contributed by atoms with van der Waals surface area (Å²) >= 11 is 0. The first-order valence-corrected chi connectivity index (χ1v) is 7.22. The van der Waals surface area contributed by atoms with E-state index < -0.39 is 35.2 Å². The number of nitrogens with two attached hydrogens (primary N) is 1. The molecule has 1 saturated heterocycles. The zero-order valence-corrected chi connectivity index (χ0v) is 12.7. The second-order valence-electron chi connectivity index (χ2n) is 7.39. The van der Waals surface area contributed by atoms with Crippen LogP contribution in [0, 0.1) is 11.3 Å². The number of carbonyl (C=O) groups is 1. The summed E-state index contributed by atoms with van der Waals surface area (Å²) in [4.78, 5) is 13.3. The fraction of sp³-hybridized carbons (Fsp3) is 0.929. The van der Waals surface area contributed by atoms with E-state index in [4.69, 9.17) is 10.5 Å². The molecule has 2 atom stereocenters. The van der Waals surface area contributed by atoms with Crippen LogP contribution >= 0.6 is 0 Å². The molecule has 2 aliphatic rings. The van der Waals surface area contributed by atoms with Gasteiger partial charge in [-0.15, -0.1) is 0 Å². The summed E-state index contributed by atoms with van der Waals surface area (Å²) in [7, 11) is 0. The molecule has 1 saturated carbocycles. The Bertz CT molecular complexity index is 411. The lowest BCUT2D eigenvalue weighted by Crippen LogP contribution is -2.63. The summed E-state index contributed by atoms with van der Waals surface area (Å²) < 4.78 is 44.2. The zero-order chi connectivity index (χ0) is 16.1. The largest absolute Gasteiger partial charge is 0.444 e. The molecule has 0 unspecified atom stereocenters. The van der Waals surface area contributed by atoms with Crippen molar-refractivity contribution >= 4 is 6.09 Å². The van der Waals surface area contributed by atoms with E-state index in [1.165, 1.54) is 4.90 Å². The Morgan fingerprint density at radius 1 is 1.29 bits per heavy atom. The van der Waals surface area contributed by atoms with Gasteiger partial charge in [-0.25, -0.2) is 4.79 Å². The Labute approximate surface area is 122 Å². The maximum atomic E-state index is 13.0. The van der Waals surface area contributed by atoms with Gasteiger partial charge in [0, 0.05) is 24.5 Å². The molecule has 2 fully saturated rings. The van der Waals surface area contributed by atoms with Gasteiger partial charge >= 0.3 is 12.3 Å². The Hall–Kier alpha value is -0.980. The predicted molar refractivity (Wildman–Crippen MR) is 71.6 cm³/mol. The molecule has 1 heterocycles. The van der Waals surface area contributed by atoms with Gasteiger partial charge in [-0.2, -0.15) is 13.2 Å². The van der Waals surface area contributed by atoms with Crippen LogP contribution in [0.15, 0.2) is 0 Å². The van der Waals surface area contributed by atoms with E-state index in [1.807, 2.05) is 0 Å². The first-order chi connectivity index (χ1) is 9.42. The van der Waals surface area contributed by atoms with Crippen LogP contribution in [0.2, 0.25) is 0 Å². The smallest absolute Gasteiger partial charge is 0.410 e. The molecule has 0 aromatic rings. The molecule has 122 valence electrons. The van der Waals surface area contributed by atoms with E-state index in [-0.39, 0.29) is 6.42 Å². The third-order valence-corrected chi connectivity index (χ3v) is 4.30. The van der Waals surface area contributed by atoms with Crippen LogP contribution in [-0.4, -0.2) is 41.9 Å². The number of hydrogen-bond donors (Lipinski definition) is 1. The minimum absolute atomic E-state index is 0.0109. The molecular formula is C14H23F3N2O2. The molecule has 0 bridgehead atoms. The van der Waals surface area contributed by atoms with Crippen LogP contribution in [0.25, 0.3) is 0 Å². The SMILES string of the molecule is CC(C)(C)OC(=O)N1CC2(CC[C@@H](N)[C@@H](C(F)(F)F)C2)C1. The molecule has 0 radical (unpaired) electrons. The van der Waals surface area contributed by atoms with Gasteiger partial charge in [0.05, 0.1) is 5.92 Å². The summed E-state index contributed by atoms with van der Waals surface area (Å²) in [6, 6.07) is -0.828. The van der Waals surface area contributed by atoms with Gasteiger partial charge in [0.25, 0.3) is 0 Å². The van der Waals surface area contributed by atoms with Crippen molar-refractivity contribution in [2.75, 3.05) is 13.1 Å². The fourth-order valence-corrected chi connectivity index (χ4v) is 3.26. The van der Waals surface area contributed by atoms with Crippen molar-refractivity contribution in [1.82, 2.24) is 4.90 Å². The molecule has 1 aliphatic carbocycles. The van der Waals surface area contributed by atoms with Gasteiger partial charge in [-0.05, 0) is 40.0 Å². The highest BCUT2D eigenvalue weighted by Crippen LogP contribution is 2.50. The van der Waals surface area contributed by atoms with Crippen LogP contribution in [0.5, 0.6) is 0 Å². The number of hydrogen-bond acceptors (Lipinski definition) is 3. The monoisotopic (exact) mass is 308 g/mol. The fourth-order valence-electron chi connectivity index (χ4n) is 3.26. The second-order valence-corrected chi connectivity index (χ2v) is 7.39. The minimum Gasteiger partial charge on any atom is -0.444 e. The van der Waals surface area contributed by atoms with Crippen molar-refractivity contribution in [3.05, 3.63) is 0 Å². The normalized spacial score (nSPS) is 29.2. The summed E-state index contributed by atoms with van der Waals surface area (Å²) in [5, 5.41) is 0. The highest BCUT2D eigenvalue weighted by atomic mass is 19.4. The molecule has 0 aromatic heterocycles. The van der Waals surface area contributed by atoms with E-state index >= 15 is 0 Å². The minimum atomic E-state index is -4.26. The molecule has 0 aromatic carbocycles. The number of alkyl halides is 3. The van der Waals surface area contributed by atoms with E-state index in [9.17, 15) is 18.0 Å². The van der Waals surface area contributed by atoms with Crippen molar-refractivity contribution in [2.24, 2.45) is 17.1 Å². The molecule has 1 aliphatic heterocycles. The van der Waals surface area contributed by atoms with Gasteiger partial charge in [0.15, 0.2) is 0 Å². The van der Waals surface area contributed by atoms with Gasteiger partial charge < -0.3 is 15.4 Å². The molecule has 2 rings (SSSR count). The van der Waals surface area contributed by atoms with Crippen LogP contribution in [0.1, 0.15) is 40.0 Å². The molecular weight excluding hydrogens is 285 g/mol. The Balaban J connectivity index is 1.94. The van der Waals surface area contributed by atoms with E-state index in [2.05, 4.69) is 0 Å². The van der Waals surface area contributed by atoms with Crippen LogP contribution < -0.4 is 5.73 Å². The lowest BCUT2D eigenvalue weighted by Gasteiger charge is -2.54. The third-order valence-electron chi connectivity index (χ3n) is 4.30. The number of nitrogens with zero attached hydrogens (tertiary/aromatic N) is 1. The topological polar surface area (TPSA) is 55.6 Å². The molecule has 2 N–H and O–H groups in total. The zero-order valence-electron chi connectivity index (χ0n) is 12.7. The van der Waals surface area contributed by atoms with Gasteiger partial charge in [-0.3, -0.25) is 0 Å². The number of carbonyl (C=O) groups excluding carboxylic acids is 1.